The lowest BCUT2D eigenvalue weighted by molar-refractivity contribution is 0.100. The van der Waals surface area contributed by atoms with E-state index in [1.165, 1.54) is 76.8 Å². The van der Waals surface area contributed by atoms with Gasteiger partial charge >= 0.3 is 0 Å². The summed E-state index contributed by atoms with van der Waals surface area (Å²) in [5.41, 5.74) is 3.85. The van der Waals surface area contributed by atoms with E-state index < -0.39 is 0 Å². The number of carbonyl (C=O) groups is 2. The largest absolute Gasteiger partial charge is 0.491 e. The summed E-state index contributed by atoms with van der Waals surface area (Å²) in [5.74, 6) is 1.09. The van der Waals surface area contributed by atoms with Gasteiger partial charge in [-0.1, -0.05) is 102 Å². The van der Waals surface area contributed by atoms with Crippen molar-refractivity contribution in [1.82, 2.24) is 4.90 Å². The van der Waals surface area contributed by atoms with E-state index in [1.807, 2.05) is 30.3 Å². The number of rotatable bonds is 19. The van der Waals surface area contributed by atoms with Crippen molar-refractivity contribution in [2.45, 2.75) is 104 Å². The number of hydrogen-bond donors (Lipinski definition) is 1. The zero-order valence-corrected chi connectivity index (χ0v) is 27.7. The Hall–Kier alpha value is -2.25. The van der Waals surface area contributed by atoms with Gasteiger partial charge in [0.2, 0.25) is 0 Å². The van der Waals surface area contributed by atoms with Crippen LogP contribution in [0.1, 0.15) is 124 Å². The first-order valence-electron chi connectivity index (χ1n) is 15.2. The zero-order valence-electron chi connectivity index (χ0n) is 25.2. The lowest BCUT2D eigenvalue weighted by atomic mass is 10.0. The van der Waals surface area contributed by atoms with Gasteiger partial charge in [0.25, 0.3) is 5.91 Å². The van der Waals surface area contributed by atoms with Crippen molar-refractivity contribution in [3.05, 3.63) is 70.3 Å². The molecule has 0 aromatic heterocycles. The number of hydrogen-bond acceptors (Lipinski definition) is 5. The fourth-order valence-electron chi connectivity index (χ4n) is 5.05. The maximum atomic E-state index is 13.4. The highest BCUT2D eigenvalue weighted by Gasteiger charge is 2.20. The van der Waals surface area contributed by atoms with Crippen LogP contribution in [0, 0.1) is 0 Å². The summed E-state index contributed by atoms with van der Waals surface area (Å²) < 4.78 is 6.16. The normalized spacial score (nSPS) is 12.6. The molecule has 0 saturated heterocycles. The molecule has 3 rings (SSSR count). The van der Waals surface area contributed by atoms with Crippen LogP contribution in [0.15, 0.2) is 53.6 Å². The second-order valence-electron chi connectivity index (χ2n) is 10.8. The van der Waals surface area contributed by atoms with Gasteiger partial charge in [-0.05, 0) is 49.4 Å². The summed E-state index contributed by atoms with van der Waals surface area (Å²) >= 11 is 1.77. The van der Waals surface area contributed by atoms with Crippen molar-refractivity contribution in [2.75, 3.05) is 17.8 Å². The quantitative estimate of drug-likeness (QED) is 0.122. The zero-order chi connectivity index (χ0) is 28.6. The number of Topliss-reactive ketones (excluding diaryl/α,β-unsaturated/α-hetero) is 1. The van der Waals surface area contributed by atoms with E-state index in [0.29, 0.717) is 35.7 Å². The lowest BCUT2D eigenvalue weighted by Crippen LogP contribution is -2.21. The molecular formula is C34H49BrN2O3S. The third kappa shape index (κ3) is 11.9. The second kappa shape index (κ2) is 19.8. The Morgan fingerprint density at radius 1 is 0.854 bits per heavy atom. The smallest absolute Gasteiger partial charge is 0.256 e. The van der Waals surface area contributed by atoms with Gasteiger partial charge in [-0.2, -0.15) is 0 Å². The summed E-state index contributed by atoms with van der Waals surface area (Å²) in [5, 5.41) is 5.19. The number of thioether (sulfide) groups is 1. The third-order valence-electron chi connectivity index (χ3n) is 7.49. The number of amides is 1. The van der Waals surface area contributed by atoms with Crippen LogP contribution in [0.2, 0.25) is 0 Å². The molecule has 1 N–H and O–H groups in total. The summed E-state index contributed by atoms with van der Waals surface area (Å²) in [4.78, 5) is 28.1. The predicted molar refractivity (Wildman–Crippen MR) is 179 cm³/mol. The number of halogens is 1. The van der Waals surface area contributed by atoms with Crippen LogP contribution in [0.3, 0.4) is 0 Å². The van der Waals surface area contributed by atoms with E-state index in [1.54, 1.807) is 23.9 Å². The monoisotopic (exact) mass is 644 g/mol. The molecule has 1 amide bonds. The number of allylic oxidation sites excluding steroid dienone is 1. The maximum absolute atomic E-state index is 13.4. The van der Waals surface area contributed by atoms with Gasteiger partial charge in [-0.3, -0.25) is 9.59 Å². The fraction of sp³-hybridized carbons (Fsp3) is 0.529. The van der Waals surface area contributed by atoms with E-state index in [0.717, 1.165) is 24.3 Å². The van der Waals surface area contributed by atoms with E-state index in [2.05, 4.69) is 29.5 Å². The average Bonchev–Trinajstić information content (AvgIpc) is 3.35. The first-order valence-corrected chi connectivity index (χ1v) is 16.3. The van der Waals surface area contributed by atoms with E-state index in [4.69, 9.17) is 4.74 Å². The molecule has 0 saturated carbocycles. The van der Waals surface area contributed by atoms with Crippen LogP contribution in [-0.4, -0.2) is 29.1 Å². The highest BCUT2D eigenvalue weighted by Crippen LogP contribution is 2.31. The first kappa shape index (κ1) is 34.9. The Morgan fingerprint density at radius 3 is 2.07 bits per heavy atom. The van der Waals surface area contributed by atoms with Gasteiger partial charge in [-0.25, -0.2) is 0 Å². The predicted octanol–water partition coefficient (Wildman–Crippen LogP) is 10.2. The van der Waals surface area contributed by atoms with Gasteiger partial charge in [0.1, 0.15) is 0 Å². The Morgan fingerprint density at radius 2 is 1.46 bits per heavy atom. The van der Waals surface area contributed by atoms with Crippen molar-refractivity contribution in [3.63, 3.8) is 0 Å². The third-order valence-corrected chi connectivity index (χ3v) is 8.46. The molecule has 0 spiro atoms. The second-order valence-corrected chi connectivity index (χ2v) is 11.7. The fourth-order valence-corrected chi connectivity index (χ4v) is 5.99. The standard InChI is InChI=1S/C34H48N2O3S.BrH/c1-4-5-6-7-8-9-10-11-12-13-14-17-23-39-33-30(28(3)37)21-18-22-32(33)35-34(38)31-20-16-15-19-29(31)24-36-26-40-25-27(36)2;/h15-16,18-22,25H,4-14,17,23-24,26H2,1-3H3,(H,35,38);1H. The molecule has 1 aliphatic rings. The van der Waals surface area contributed by atoms with E-state index >= 15 is 0 Å². The molecule has 226 valence electrons. The number of ketones is 1. The SMILES string of the molecule is Br.CCCCCCCCCCCCCCOc1c(NC(=O)c2ccccc2CN2CSC=C2C)cccc1C(C)=O. The molecule has 0 radical (unpaired) electrons. The molecule has 1 heterocycles. The van der Waals surface area contributed by atoms with Gasteiger partial charge in [-0.15, -0.1) is 28.7 Å². The Balaban J connectivity index is 0.00000588. The van der Waals surface area contributed by atoms with E-state index in [-0.39, 0.29) is 28.7 Å². The highest BCUT2D eigenvalue weighted by atomic mass is 79.9. The molecule has 0 unspecified atom stereocenters. The topological polar surface area (TPSA) is 58.6 Å². The van der Waals surface area contributed by atoms with Crippen molar-refractivity contribution < 1.29 is 14.3 Å². The first-order chi connectivity index (χ1) is 19.5. The molecule has 0 fully saturated rings. The maximum Gasteiger partial charge on any atom is 0.256 e. The minimum Gasteiger partial charge on any atom is -0.491 e. The molecular weight excluding hydrogens is 596 g/mol. The van der Waals surface area contributed by atoms with E-state index in [9.17, 15) is 9.59 Å². The average molecular weight is 646 g/mol. The molecule has 7 heteroatoms. The number of nitrogens with one attached hydrogen (secondary N) is 1. The summed E-state index contributed by atoms with van der Waals surface area (Å²) in [7, 11) is 0. The Bertz CT molecular complexity index is 1120. The van der Waals surface area contributed by atoms with Gasteiger partial charge in [0.05, 0.1) is 23.7 Å². The minimum atomic E-state index is -0.194. The van der Waals surface area contributed by atoms with Crippen LogP contribution in [0.25, 0.3) is 0 Å². The summed E-state index contributed by atoms with van der Waals surface area (Å²) in [6.45, 7) is 7.10. The molecule has 0 aliphatic carbocycles. The Labute approximate surface area is 262 Å². The number of carbonyl (C=O) groups excluding carboxylic acids is 2. The number of para-hydroxylation sites is 1. The van der Waals surface area contributed by atoms with Crippen molar-refractivity contribution >= 4 is 46.1 Å². The number of benzene rings is 2. The molecule has 0 bridgehead atoms. The van der Waals surface area contributed by atoms with Gasteiger partial charge in [0.15, 0.2) is 11.5 Å². The van der Waals surface area contributed by atoms with Crippen LogP contribution >= 0.6 is 28.7 Å². The number of nitrogens with zero attached hydrogens (tertiary/aromatic N) is 1. The van der Waals surface area contributed by atoms with Crippen LogP contribution < -0.4 is 10.1 Å². The minimum absolute atomic E-state index is 0. The van der Waals surface area contributed by atoms with Gasteiger partial charge < -0.3 is 15.0 Å². The molecule has 41 heavy (non-hydrogen) atoms. The molecule has 5 nitrogen and oxygen atoms in total. The molecule has 2 aromatic rings. The molecule has 0 atom stereocenters. The van der Waals surface area contributed by atoms with Crippen LogP contribution in [-0.2, 0) is 6.54 Å². The number of anilines is 1. The molecule has 1 aliphatic heterocycles. The van der Waals surface area contributed by atoms with Crippen molar-refractivity contribution in [3.8, 4) is 5.75 Å². The van der Waals surface area contributed by atoms with Crippen molar-refractivity contribution in [1.29, 1.82) is 0 Å². The molecule has 2 aromatic carbocycles. The van der Waals surface area contributed by atoms with Crippen LogP contribution in [0.5, 0.6) is 5.75 Å². The Kier molecular flexibility index (Phi) is 16.9. The lowest BCUT2D eigenvalue weighted by Gasteiger charge is -2.21. The van der Waals surface area contributed by atoms with Gasteiger partial charge in [0, 0.05) is 17.8 Å². The van der Waals surface area contributed by atoms with Crippen molar-refractivity contribution in [2.24, 2.45) is 0 Å². The highest BCUT2D eigenvalue weighted by molar-refractivity contribution is 8.93. The summed E-state index contributed by atoms with van der Waals surface area (Å²) in [6.07, 6.45) is 15.4. The van der Waals surface area contributed by atoms with Crippen LogP contribution in [0.4, 0.5) is 5.69 Å². The number of unbranched alkanes of at least 4 members (excludes halogenated alkanes) is 11. The summed E-state index contributed by atoms with van der Waals surface area (Å²) in [6, 6.07) is 13.1. The number of ether oxygens (including phenoxy) is 1.